The van der Waals surface area contributed by atoms with E-state index >= 15 is 0 Å². The summed E-state index contributed by atoms with van der Waals surface area (Å²) in [5.74, 6) is 0. The van der Waals surface area contributed by atoms with E-state index in [2.05, 4.69) is 31.7 Å². The minimum atomic E-state index is 1.11. The molecule has 1 rings (SSSR count). The summed E-state index contributed by atoms with van der Waals surface area (Å²) in [7, 11) is 0. The number of hydrogen-bond acceptors (Lipinski definition) is 0. The summed E-state index contributed by atoms with van der Waals surface area (Å²) in [4.78, 5) is 0. The van der Waals surface area contributed by atoms with Gasteiger partial charge in [0, 0.05) is 0 Å². The second kappa shape index (κ2) is 7.14. The second-order valence-electron chi connectivity index (χ2n) is 2.82. The van der Waals surface area contributed by atoms with Gasteiger partial charge >= 0.3 is 0 Å². The summed E-state index contributed by atoms with van der Waals surface area (Å²) in [6, 6.07) is 10.2. The van der Waals surface area contributed by atoms with Crippen molar-refractivity contribution in [2.24, 2.45) is 0 Å². The highest BCUT2D eigenvalue weighted by Gasteiger charge is 1.97. The van der Waals surface area contributed by atoms with E-state index in [-0.39, 0.29) is 0 Å². The Morgan fingerprint density at radius 3 is 2.07 bits per heavy atom. The summed E-state index contributed by atoms with van der Waals surface area (Å²) in [6.07, 6.45) is 2.08. The van der Waals surface area contributed by atoms with Crippen molar-refractivity contribution in [2.45, 2.75) is 27.7 Å². The van der Waals surface area contributed by atoms with Crippen LogP contribution in [0.5, 0.6) is 0 Å². The molecule has 0 aliphatic carbocycles. The smallest absolute Gasteiger partial charge is 0.0187 e. The van der Waals surface area contributed by atoms with Crippen molar-refractivity contribution in [3.8, 4) is 0 Å². The molecule has 0 radical (unpaired) electrons. The summed E-state index contributed by atoms with van der Waals surface area (Å²) < 4.78 is 0. The molecule has 0 saturated heterocycles. The van der Waals surface area contributed by atoms with Gasteiger partial charge in [-0.3, -0.25) is 0 Å². The van der Waals surface area contributed by atoms with E-state index in [0.29, 0.717) is 0 Å². The van der Waals surface area contributed by atoms with Crippen LogP contribution in [0.3, 0.4) is 0 Å². The van der Waals surface area contributed by atoms with Gasteiger partial charge in [0.1, 0.15) is 0 Å². The highest BCUT2D eigenvalue weighted by molar-refractivity contribution is 5.76. The lowest BCUT2D eigenvalue weighted by Crippen LogP contribution is -1.82. The van der Waals surface area contributed by atoms with Gasteiger partial charge in [-0.05, 0) is 30.6 Å². The molecule has 0 bridgehead atoms. The number of benzene rings is 1. The van der Waals surface area contributed by atoms with Gasteiger partial charge in [-0.2, -0.15) is 0 Å². The first kappa shape index (κ1) is 12.7. The molecule has 0 saturated carbocycles. The van der Waals surface area contributed by atoms with E-state index in [1.807, 2.05) is 39.0 Å². The van der Waals surface area contributed by atoms with Crippen LogP contribution in [0.15, 0.2) is 48.6 Å². The largest absolute Gasteiger partial charge is 0.0909 e. The van der Waals surface area contributed by atoms with Gasteiger partial charge in [-0.25, -0.2) is 0 Å². The molecule has 0 nitrogen and oxygen atoms in total. The monoisotopic (exact) mass is 188 g/mol. The summed E-state index contributed by atoms with van der Waals surface area (Å²) >= 11 is 0. The van der Waals surface area contributed by atoms with E-state index in [9.17, 15) is 0 Å². The fraction of sp³-hybridized carbons (Fsp3) is 0.286. The zero-order valence-electron chi connectivity index (χ0n) is 9.67. The first-order valence-electron chi connectivity index (χ1n) is 5.13. The maximum absolute atomic E-state index is 4.03. The van der Waals surface area contributed by atoms with Crippen LogP contribution in [0.2, 0.25) is 0 Å². The van der Waals surface area contributed by atoms with Crippen molar-refractivity contribution in [3.63, 3.8) is 0 Å². The summed E-state index contributed by atoms with van der Waals surface area (Å²) in [6.45, 7) is 12.1. The maximum atomic E-state index is 4.03. The molecule has 0 N–H and O–H groups in total. The molecular formula is C14H20. The van der Waals surface area contributed by atoms with E-state index < -0.39 is 0 Å². The van der Waals surface area contributed by atoms with Crippen LogP contribution >= 0.6 is 0 Å². The van der Waals surface area contributed by atoms with Gasteiger partial charge in [0.05, 0.1) is 0 Å². The summed E-state index contributed by atoms with van der Waals surface area (Å²) in [5.41, 5.74) is 3.55. The molecule has 0 amide bonds. The molecule has 0 aliphatic rings. The van der Waals surface area contributed by atoms with E-state index in [4.69, 9.17) is 0 Å². The third-order valence-electron chi connectivity index (χ3n) is 2.03. The third kappa shape index (κ3) is 3.61. The molecule has 14 heavy (non-hydrogen) atoms. The molecule has 0 fully saturated rings. The van der Waals surface area contributed by atoms with Crippen LogP contribution in [0.4, 0.5) is 0 Å². The molecule has 1 aromatic carbocycles. The third-order valence-corrected chi connectivity index (χ3v) is 2.03. The van der Waals surface area contributed by atoms with E-state index in [1.54, 1.807) is 0 Å². The lowest BCUT2D eigenvalue weighted by molar-refractivity contribution is 1.47. The van der Waals surface area contributed by atoms with E-state index in [1.165, 1.54) is 11.1 Å². The van der Waals surface area contributed by atoms with Gasteiger partial charge in [-0.15, -0.1) is 0 Å². The predicted octanol–water partition coefficient (Wildman–Crippen LogP) is 4.69. The average molecular weight is 188 g/mol. The number of allylic oxidation sites excluding steroid dienone is 3. The van der Waals surface area contributed by atoms with Crippen molar-refractivity contribution < 1.29 is 0 Å². The van der Waals surface area contributed by atoms with Crippen LogP contribution in [0, 0.1) is 0 Å². The topological polar surface area (TPSA) is 0 Å². The minimum Gasteiger partial charge on any atom is -0.0909 e. The van der Waals surface area contributed by atoms with Crippen molar-refractivity contribution in [3.05, 3.63) is 54.1 Å². The van der Waals surface area contributed by atoms with Gasteiger partial charge in [0.25, 0.3) is 0 Å². The Labute approximate surface area is 88.0 Å². The zero-order chi connectivity index (χ0) is 11.0. The van der Waals surface area contributed by atoms with Crippen molar-refractivity contribution >= 4 is 5.57 Å². The lowest BCUT2D eigenvalue weighted by atomic mass is 10.0. The fourth-order valence-electron chi connectivity index (χ4n) is 1.04. The average Bonchev–Trinajstić information content (AvgIpc) is 2.31. The molecule has 0 aromatic heterocycles. The van der Waals surface area contributed by atoms with Crippen LogP contribution < -0.4 is 0 Å². The van der Waals surface area contributed by atoms with Crippen LogP contribution in [0.25, 0.3) is 5.57 Å². The quantitative estimate of drug-likeness (QED) is 0.590. The van der Waals surface area contributed by atoms with E-state index in [0.717, 1.165) is 5.57 Å². The Bertz CT molecular complexity index is 291. The fourth-order valence-corrected chi connectivity index (χ4v) is 1.04. The van der Waals surface area contributed by atoms with Gasteiger partial charge in [0.2, 0.25) is 0 Å². The maximum Gasteiger partial charge on any atom is -0.0187 e. The van der Waals surface area contributed by atoms with Crippen LogP contribution in [-0.2, 0) is 0 Å². The zero-order valence-corrected chi connectivity index (χ0v) is 9.67. The van der Waals surface area contributed by atoms with Gasteiger partial charge in [0.15, 0.2) is 0 Å². The molecule has 0 atom stereocenters. The minimum absolute atomic E-state index is 1.11. The predicted molar refractivity (Wildman–Crippen MR) is 66.3 cm³/mol. The first-order chi connectivity index (χ1) is 6.75. The van der Waals surface area contributed by atoms with Crippen molar-refractivity contribution in [1.29, 1.82) is 0 Å². The Kier molecular flexibility index (Phi) is 6.47. The Morgan fingerprint density at radius 1 is 1.14 bits per heavy atom. The van der Waals surface area contributed by atoms with Gasteiger partial charge in [-0.1, -0.05) is 56.8 Å². The SMILES string of the molecule is C=C(/C(C)=C\C)c1ccccc1.CC. The standard InChI is InChI=1S/C12H14.C2H6/c1-4-10(2)11(3)12-8-6-5-7-9-12;1-2/h4-9H,3H2,1-2H3;1-2H3/b10-4-;. The number of rotatable bonds is 2. The molecule has 76 valence electrons. The van der Waals surface area contributed by atoms with Crippen LogP contribution in [-0.4, -0.2) is 0 Å². The van der Waals surface area contributed by atoms with Crippen molar-refractivity contribution in [1.82, 2.24) is 0 Å². The van der Waals surface area contributed by atoms with Crippen molar-refractivity contribution in [2.75, 3.05) is 0 Å². The molecule has 0 heteroatoms. The Hall–Kier alpha value is -1.30. The summed E-state index contributed by atoms with van der Waals surface area (Å²) in [5, 5.41) is 0. The molecule has 0 heterocycles. The normalized spacial score (nSPS) is 10.1. The first-order valence-corrected chi connectivity index (χ1v) is 5.13. The highest BCUT2D eigenvalue weighted by atomic mass is 14.0. The lowest BCUT2D eigenvalue weighted by Gasteiger charge is -2.04. The second-order valence-corrected chi connectivity index (χ2v) is 2.82. The molecule has 0 aliphatic heterocycles. The Balaban J connectivity index is 0.000000791. The molecular weight excluding hydrogens is 168 g/mol. The molecule has 1 aromatic rings. The molecule has 0 spiro atoms. The van der Waals surface area contributed by atoms with Gasteiger partial charge < -0.3 is 0 Å². The number of hydrogen-bond donors (Lipinski definition) is 0. The molecule has 0 unspecified atom stereocenters. The Morgan fingerprint density at radius 2 is 1.64 bits per heavy atom. The van der Waals surface area contributed by atoms with Crippen LogP contribution in [0.1, 0.15) is 33.3 Å². The highest BCUT2D eigenvalue weighted by Crippen LogP contribution is 2.19.